The predicted molar refractivity (Wildman–Crippen MR) is 74.3 cm³/mol. The van der Waals surface area contributed by atoms with Crippen LogP contribution in [0.3, 0.4) is 0 Å². The molecule has 0 aliphatic heterocycles. The molecule has 0 bridgehead atoms. The fourth-order valence-electron chi connectivity index (χ4n) is 1.91. The zero-order valence-electron chi connectivity index (χ0n) is 11.3. The summed E-state index contributed by atoms with van der Waals surface area (Å²) in [6.07, 6.45) is -0.136. The normalized spacial score (nSPS) is 12.6. The van der Waals surface area contributed by atoms with E-state index < -0.39 is 11.9 Å². The van der Waals surface area contributed by atoms with Crippen LogP contribution in [0.5, 0.6) is 0 Å². The molecular weight excluding hydrogens is 281 g/mol. The van der Waals surface area contributed by atoms with Gasteiger partial charge in [0.2, 0.25) is 0 Å². The van der Waals surface area contributed by atoms with Gasteiger partial charge in [0.1, 0.15) is 5.82 Å². The van der Waals surface area contributed by atoms with Gasteiger partial charge in [-0.1, -0.05) is 13.0 Å². The molecule has 0 unspecified atom stereocenters. The summed E-state index contributed by atoms with van der Waals surface area (Å²) in [5.74, 6) is -0.468. The molecule has 0 aliphatic rings. The monoisotopic (exact) mass is 297 g/mol. The third-order valence-corrected chi connectivity index (χ3v) is 3.87. The number of H-pyrrole nitrogens is 1. The first-order valence-corrected chi connectivity index (χ1v) is 7.15. The maximum Gasteiger partial charge on any atom is 0.343 e. The number of aliphatic hydroxyl groups is 1. The molecule has 1 aromatic carbocycles. The molecule has 0 saturated carbocycles. The minimum absolute atomic E-state index is 0.219. The van der Waals surface area contributed by atoms with Crippen molar-refractivity contribution in [2.75, 3.05) is 0 Å². The Morgan fingerprint density at radius 3 is 2.95 bits per heavy atom. The number of rotatable bonds is 5. The molecule has 0 aliphatic carbocycles. The second-order valence-electron chi connectivity index (χ2n) is 4.39. The molecule has 7 heteroatoms. The van der Waals surface area contributed by atoms with Crippen molar-refractivity contribution < 1.29 is 9.50 Å². The van der Waals surface area contributed by atoms with Gasteiger partial charge in [-0.05, 0) is 37.2 Å². The molecule has 5 nitrogen and oxygen atoms in total. The minimum Gasteiger partial charge on any atom is -0.389 e. The molecule has 0 radical (unpaired) electrons. The Hall–Kier alpha value is -1.60. The lowest BCUT2D eigenvalue weighted by Gasteiger charge is -2.12. The molecule has 108 valence electrons. The van der Waals surface area contributed by atoms with Crippen molar-refractivity contribution in [3.8, 4) is 0 Å². The SMILES string of the molecule is CCCn1c(Sc2cccc(F)c2[C@@H](C)O)n[nH]c1=O. The smallest absolute Gasteiger partial charge is 0.343 e. The highest BCUT2D eigenvalue weighted by atomic mass is 32.2. The lowest BCUT2D eigenvalue weighted by molar-refractivity contribution is 0.191. The highest BCUT2D eigenvalue weighted by molar-refractivity contribution is 7.99. The van der Waals surface area contributed by atoms with E-state index in [-0.39, 0.29) is 11.3 Å². The zero-order chi connectivity index (χ0) is 14.7. The molecule has 2 N–H and O–H groups in total. The number of aliphatic hydroxyl groups excluding tert-OH is 1. The number of aromatic nitrogens is 3. The average Bonchev–Trinajstić information content (AvgIpc) is 2.72. The van der Waals surface area contributed by atoms with Gasteiger partial charge < -0.3 is 5.11 Å². The van der Waals surface area contributed by atoms with Gasteiger partial charge in [-0.3, -0.25) is 4.57 Å². The van der Waals surface area contributed by atoms with E-state index in [4.69, 9.17) is 0 Å². The molecule has 1 heterocycles. The number of halogens is 1. The molecule has 1 atom stereocenters. The molecule has 2 rings (SSSR count). The molecule has 0 saturated heterocycles. The minimum atomic E-state index is -0.927. The second kappa shape index (κ2) is 6.23. The van der Waals surface area contributed by atoms with E-state index in [2.05, 4.69) is 10.2 Å². The van der Waals surface area contributed by atoms with Gasteiger partial charge >= 0.3 is 5.69 Å². The van der Waals surface area contributed by atoms with Crippen molar-refractivity contribution in [3.63, 3.8) is 0 Å². The Kier molecular flexibility index (Phi) is 4.61. The number of hydrogen-bond donors (Lipinski definition) is 2. The van der Waals surface area contributed by atoms with Crippen LogP contribution in [0.2, 0.25) is 0 Å². The van der Waals surface area contributed by atoms with Gasteiger partial charge in [-0.25, -0.2) is 14.3 Å². The molecule has 20 heavy (non-hydrogen) atoms. The predicted octanol–water partition coefficient (Wildman–Crippen LogP) is 2.32. The maximum absolute atomic E-state index is 13.8. The summed E-state index contributed by atoms with van der Waals surface area (Å²) in [7, 11) is 0. The Labute approximate surface area is 119 Å². The van der Waals surface area contributed by atoms with Gasteiger partial charge in [-0.2, -0.15) is 0 Å². The Balaban J connectivity index is 2.40. The van der Waals surface area contributed by atoms with E-state index in [0.717, 1.165) is 18.2 Å². The molecular formula is C13H16FN3O2S. The highest BCUT2D eigenvalue weighted by Crippen LogP contribution is 2.33. The van der Waals surface area contributed by atoms with Crippen LogP contribution < -0.4 is 5.69 Å². The summed E-state index contributed by atoms with van der Waals surface area (Å²) in [6, 6.07) is 4.57. The van der Waals surface area contributed by atoms with Crippen LogP contribution in [0.1, 0.15) is 31.9 Å². The van der Waals surface area contributed by atoms with Gasteiger partial charge in [-0.15, -0.1) is 5.10 Å². The summed E-state index contributed by atoms with van der Waals surface area (Å²) in [4.78, 5) is 12.2. The van der Waals surface area contributed by atoms with Crippen molar-refractivity contribution in [3.05, 3.63) is 40.1 Å². The molecule has 1 aromatic heterocycles. The number of hydrogen-bond acceptors (Lipinski definition) is 4. The Morgan fingerprint density at radius 1 is 1.55 bits per heavy atom. The first-order valence-electron chi connectivity index (χ1n) is 6.34. The van der Waals surface area contributed by atoms with Crippen LogP contribution in [0.4, 0.5) is 4.39 Å². The number of nitrogens with one attached hydrogen (secondary N) is 1. The van der Waals surface area contributed by atoms with Crippen molar-refractivity contribution in [1.29, 1.82) is 0 Å². The lowest BCUT2D eigenvalue weighted by atomic mass is 10.1. The van der Waals surface area contributed by atoms with E-state index in [0.29, 0.717) is 16.6 Å². The summed E-state index contributed by atoms with van der Waals surface area (Å²) >= 11 is 1.16. The van der Waals surface area contributed by atoms with E-state index in [1.165, 1.54) is 17.6 Å². The summed E-state index contributed by atoms with van der Waals surface area (Å²) in [6.45, 7) is 4.00. The van der Waals surface area contributed by atoms with E-state index in [1.807, 2.05) is 6.92 Å². The van der Waals surface area contributed by atoms with Crippen molar-refractivity contribution in [2.45, 2.75) is 43.0 Å². The topological polar surface area (TPSA) is 70.9 Å². The van der Waals surface area contributed by atoms with Crippen LogP contribution >= 0.6 is 11.8 Å². The third-order valence-electron chi connectivity index (χ3n) is 2.80. The van der Waals surface area contributed by atoms with E-state index in [9.17, 15) is 14.3 Å². The highest BCUT2D eigenvalue weighted by Gasteiger charge is 2.17. The van der Waals surface area contributed by atoms with Crippen LogP contribution in [-0.2, 0) is 6.54 Å². The van der Waals surface area contributed by atoms with Crippen molar-refractivity contribution >= 4 is 11.8 Å². The second-order valence-corrected chi connectivity index (χ2v) is 5.40. The van der Waals surface area contributed by atoms with Crippen LogP contribution in [0.15, 0.2) is 33.0 Å². The van der Waals surface area contributed by atoms with Gasteiger partial charge in [0.25, 0.3) is 0 Å². The number of nitrogens with zero attached hydrogens (tertiary/aromatic N) is 2. The molecule has 0 fully saturated rings. The summed E-state index contributed by atoms with van der Waals surface area (Å²) in [5.41, 5.74) is -0.0691. The Bertz CT molecular complexity index is 651. The maximum atomic E-state index is 13.8. The van der Waals surface area contributed by atoms with Crippen LogP contribution in [-0.4, -0.2) is 19.9 Å². The largest absolute Gasteiger partial charge is 0.389 e. The first-order chi connectivity index (χ1) is 9.54. The Morgan fingerprint density at radius 2 is 2.30 bits per heavy atom. The van der Waals surface area contributed by atoms with Crippen molar-refractivity contribution in [1.82, 2.24) is 14.8 Å². The lowest BCUT2D eigenvalue weighted by Crippen LogP contribution is -2.17. The molecule has 0 amide bonds. The molecule has 2 aromatic rings. The third kappa shape index (κ3) is 2.94. The van der Waals surface area contributed by atoms with Crippen molar-refractivity contribution in [2.24, 2.45) is 0 Å². The van der Waals surface area contributed by atoms with E-state index in [1.54, 1.807) is 12.1 Å². The van der Waals surface area contributed by atoms with Gasteiger partial charge in [0.05, 0.1) is 6.10 Å². The zero-order valence-corrected chi connectivity index (χ0v) is 12.1. The number of aromatic amines is 1. The standard InChI is InChI=1S/C13H16FN3O2S/c1-3-7-17-12(19)15-16-13(17)20-10-6-4-5-9(14)11(10)8(2)18/h4-6,8,18H,3,7H2,1-2H3,(H,15,19)/t8-/m1/s1. The van der Waals surface area contributed by atoms with E-state index >= 15 is 0 Å². The number of benzene rings is 1. The van der Waals surface area contributed by atoms with Gasteiger partial charge in [0, 0.05) is 17.0 Å². The summed E-state index contributed by atoms with van der Waals surface area (Å²) < 4.78 is 15.3. The average molecular weight is 297 g/mol. The first kappa shape index (κ1) is 14.8. The summed E-state index contributed by atoms with van der Waals surface area (Å²) in [5, 5.41) is 16.5. The van der Waals surface area contributed by atoms with Crippen LogP contribution in [0, 0.1) is 5.82 Å². The fraction of sp³-hybridized carbons (Fsp3) is 0.385. The fourth-order valence-corrected chi connectivity index (χ4v) is 3.01. The quantitative estimate of drug-likeness (QED) is 0.888. The van der Waals surface area contributed by atoms with Crippen LogP contribution in [0.25, 0.3) is 0 Å². The van der Waals surface area contributed by atoms with Gasteiger partial charge in [0.15, 0.2) is 5.16 Å². The molecule has 0 spiro atoms.